The first-order chi connectivity index (χ1) is 12.9. The molecule has 3 aromatic rings. The molecule has 1 aliphatic rings. The molecule has 0 fully saturated rings. The van der Waals surface area contributed by atoms with E-state index in [1.54, 1.807) is 0 Å². The number of hydrogen-bond donors (Lipinski definition) is 1. The van der Waals surface area contributed by atoms with E-state index in [-0.39, 0.29) is 0 Å². The molecule has 4 rings (SSSR count). The largest absolute Gasteiger partial charge is 0.387 e. The Morgan fingerprint density at radius 3 is 2.59 bits per heavy atom. The van der Waals surface area contributed by atoms with Crippen molar-refractivity contribution in [2.75, 3.05) is 20.1 Å². The molecule has 0 saturated heterocycles. The molecule has 0 radical (unpaired) electrons. The highest BCUT2D eigenvalue weighted by molar-refractivity contribution is 5.86. The van der Waals surface area contributed by atoms with Crippen LogP contribution in [0, 0.1) is 18.6 Å². The highest BCUT2D eigenvalue weighted by Crippen LogP contribution is 2.32. The monoisotopic (exact) mass is 370 g/mol. The summed E-state index contributed by atoms with van der Waals surface area (Å²) in [6.45, 7) is 4.38. The molecule has 0 aliphatic carbocycles. The van der Waals surface area contributed by atoms with Crippen LogP contribution in [0.3, 0.4) is 0 Å². The third kappa shape index (κ3) is 3.37. The molecule has 1 aromatic heterocycles. The zero-order valence-corrected chi connectivity index (χ0v) is 15.7. The lowest BCUT2D eigenvalue weighted by Gasteiger charge is -2.17. The molecule has 1 unspecified atom stereocenters. The van der Waals surface area contributed by atoms with Gasteiger partial charge < -0.3 is 14.6 Å². The van der Waals surface area contributed by atoms with E-state index in [2.05, 4.69) is 41.6 Å². The molecule has 27 heavy (non-hydrogen) atoms. The topological polar surface area (TPSA) is 28.4 Å². The minimum atomic E-state index is -0.931. The van der Waals surface area contributed by atoms with Gasteiger partial charge >= 0.3 is 0 Å². The Kier molecular flexibility index (Phi) is 4.74. The maximum absolute atomic E-state index is 13.6. The summed E-state index contributed by atoms with van der Waals surface area (Å²) < 4.78 is 29.0. The smallest absolute Gasteiger partial charge is 0.159 e. The average molecular weight is 370 g/mol. The summed E-state index contributed by atoms with van der Waals surface area (Å²) in [5.41, 5.74) is 5.28. The molecule has 2 aromatic carbocycles. The molecule has 0 bridgehead atoms. The number of fused-ring (bicyclic) bond motifs is 3. The first kappa shape index (κ1) is 18.1. The molecule has 0 saturated carbocycles. The maximum Gasteiger partial charge on any atom is 0.159 e. The van der Waals surface area contributed by atoms with Crippen molar-refractivity contribution in [2.24, 2.45) is 0 Å². The van der Waals surface area contributed by atoms with Crippen LogP contribution in [0.25, 0.3) is 10.9 Å². The Morgan fingerprint density at radius 1 is 1.04 bits per heavy atom. The van der Waals surface area contributed by atoms with Gasteiger partial charge in [0.15, 0.2) is 11.6 Å². The van der Waals surface area contributed by atoms with Crippen LogP contribution in [0.2, 0.25) is 0 Å². The van der Waals surface area contributed by atoms with Gasteiger partial charge in [-0.25, -0.2) is 8.78 Å². The molecule has 5 heteroatoms. The zero-order valence-electron chi connectivity index (χ0n) is 15.7. The van der Waals surface area contributed by atoms with E-state index in [0.29, 0.717) is 12.1 Å². The van der Waals surface area contributed by atoms with Crippen molar-refractivity contribution in [3.8, 4) is 0 Å². The third-order valence-corrected chi connectivity index (χ3v) is 5.60. The van der Waals surface area contributed by atoms with Crippen molar-refractivity contribution in [2.45, 2.75) is 32.4 Å². The predicted octanol–water partition coefficient (Wildman–Crippen LogP) is 3.99. The van der Waals surface area contributed by atoms with Crippen molar-refractivity contribution in [1.82, 2.24) is 9.47 Å². The number of likely N-dealkylation sites (N-methyl/N-ethyl adjacent to an activating group) is 1. The standard InChI is InChI=1S/C22H24F2N2O/c1-14-3-6-20-17(11-14)16-7-9-25(2)10-8-21(16)26(20)13-22(27)15-4-5-18(23)19(24)12-15/h3-6,11-12,22,27H,7-10,13H2,1-2H3. The molecule has 142 valence electrons. The van der Waals surface area contributed by atoms with Crippen LogP contribution in [0.1, 0.15) is 28.5 Å². The van der Waals surface area contributed by atoms with Gasteiger partial charge in [-0.05, 0) is 55.8 Å². The Morgan fingerprint density at radius 2 is 1.81 bits per heavy atom. The molecule has 2 heterocycles. The van der Waals surface area contributed by atoms with Crippen LogP contribution in [0.5, 0.6) is 0 Å². The van der Waals surface area contributed by atoms with Gasteiger partial charge in [0, 0.05) is 36.1 Å². The normalized spacial score (nSPS) is 16.3. The minimum absolute atomic E-state index is 0.323. The van der Waals surface area contributed by atoms with Crippen molar-refractivity contribution in [3.05, 3.63) is 70.4 Å². The summed E-state index contributed by atoms with van der Waals surface area (Å²) in [4.78, 5) is 2.32. The minimum Gasteiger partial charge on any atom is -0.387 e. The van der Waals surface area contributed by atoms with Crippen LogP contribution >= 0.6 is 0 Å². The molecule has 1 N–H and O–H groups in total. The molecular weight excluding hydrogens is 346 g/mol. The molecule has 0 amide bonds. The Bertz CT molecular complexity index is 996. The van der Waals surface area contributed by atoms with E-state index in [0.717, 1.165) is 43.6 Å². The second-order valence-corrected chi connectivity index (χ2v) is 7.55. The Balaban J connectivity index is 1.77. The predicted molar refractivity (Wildman–Crippen MR) is 103 cm³/mol. The number of aromatic nitrogens is 1. The van der Waals surface area contributed by atoms with E-state index in [9.17, 15) is 13.9 Å². The molecule has 1 atom stereocenters. The van der Waals surface area contributed by atoms with E-state index >= 15 is 0 Å². The fraction of sp³-hybridized carbons (Fsp3) is 0.364. The number of benzene rings is 2. The van der Waals surface area contributed by atoms with Gasteiger partial charge in [-0.15, -0.1) is 0 Å². The summed E-state index contributed by atoms with van der Waals surface area (Å²) in [7, 11) is 2.12. The van der Waals surface area contributed by atoms with E-state index in [4.69, 9.17) is 0 Å². The van der Waals surface area contributed by atoms with E-state index < -0.39 is 17.7 Å². The molecule has 3 nitrogen and oxygen atoms in total. The number of hydrogen-bond acceptors (Lipinski definition) is 2. The Labute approximate surface area is 157 Å². The molecule has 0 spiro atoms. The van der Waals surface area contributed by atoms with Gasteiger partial charge in [0.25, 0.3) is 0 Å². The van der Waals surface area contributed by atoms with Crippen molar-refractivity contribution >= 4 is 10.9 Å². The zero-order chi connectivity index (χ0) is 19.1. The summed E-state index contributed by atoms with van der Waals surface area (Å²) in [6.07, 6.45) is 0.978. The summed E-state index contributed by atoms with van der Waals surface area (Å²) in [6, 6.07) is 9.99. The van der Waals surface area contributed by atoms with Gasteiger partial charge in [-0.1, -0.05) is 17.7 Å². The van der Waals surface area contributed by atoms with E-state index in [1.165, 1.54) is 28.3 Å². The van der Waals surface area contributed by atoms with Crippen LogP contribution in [-0.2, 0) is 19.4 Å². The highest BCUT2D eigenvalue weighted by atomic mass is 19.2. The number of nitrogens with zero attached hydrogens (tertiary/aromatic N) is 2. The third-order valence-electron chi connectivity index (χ3n) is 5.60. The first-order valence-corrected chi connectivity index (χ1v) is 9.36. The van der Waals surface area contributed by atoms with Gasteiger partial charge in [-0.3, -0.25) is 0 Å². The molecular formula is C22H24F2N2O. The summed E-state index contributed by atoms with van der Waals surface area (Å²) >= 11 is 0. The number of aryl methyl sites for hydroxylation is 1. The molecule has 1 aliphatic heterocycles. The lowest BCUT2D eigenvalue weighted by atomic mass is 10.1. The number of halogens is 2. The quantitative estimate of drug-likeness (QED) is 0.755. The fourth-order valence-electron chi connectivity index (χ4n) is 4.07. The first-order valence-electron chi connectivity index (χ1n) is 9.36. The highest BCUT2D eigenvalue weighted by Gasteiger charge is 2.22. The maximum atomic E-state index is 13.6. The SMILES string of the molecule is Cc1ccc2c(c1)c1c(n2CC(O)c2ccc(F)c(F)c2)CCN(C)CC1. The summed E-state index contributed by atoms with van der Waals surface area (Å²) in [5.74, 6) is -1.83. The van der Waals surface area contributed by atoms with Crippen molar-refractivity contribution in [3.63, 3.8) is 0 Å². The van der Waals surface area contributed by atoms with Gasteiger partial charge in [0.1, 0.15) is 0 Å². The number of aliphatic hydroxyl groups excluding tert-OH is 1. The second kappa shape index (κ2) is 7.06. The second-order valence-electron chi connectivity index (χ2n) is 7.55. The van der Waals surface area contributed by atoms with Crippen LogP contribution in [0.4, 0.5) is 8.78 Å². The summed E-state index contributed by atoms with van der Waals surface area (Å²) in [5, 5.41) is 12.0. The lowest BCUT2D eigenvalue weighted by molar-refractivity contribution is 0.156. The van der Waals surface area contributed by atoms with Crippen molar-refractivity contribution < 1.29 is 13.9 Å². The van der Waals surface area contributed by atoms with Gasteiger partial charge in [-0.2, -0.15) is 0 Å². The van der Waals surface area contributed by atoms with Crippen molar-refractivity contribution in [1.29, 1.82) is 0 Å². The van der Waals surface area contributed by atoms with Crippen LogP contribution in [0.15, 0.2) is 36.4 Å². The number of aliphatic hydroxyl groups is 1. The van der Waals surface area contributed by atoms with Crippen LogP contribution in [-0.4, -0.2) is 34.7 Å². The van der Waals surface area contributed by atoms with Gasteiger partial charge in [0.05, 0.1) is 12.6 Å². The van der Waals surface area contributed by atoms with Crippen LogP contribution < -0.4 is 0 Å². The number of rotatable bonds is 3. The average Bonchev–Trinajstić information content (AvgIpc) is 2.78. The lowest BCUT2D eigenvalue weighted by Crippen LogP contribution is -2.21. The Hall–Kier alpha value is -2.24. The van der Waals surface area contributed by atoms with Gasteiger partial charge in [0.2, 0.25) is 0 Å². The van der Waals surface area contributed by atoms with E-state index in [1.807, 2.05) is 0 Å². The fourth-order valence-corrected chi connectivity index (χ4v) is 4.07.